The van der Waals surface area contributed by atoms with Crippen LogP contribution in [0.15, 0.2) is 59.6 Å². The minimum atomic E-state index is -3.87. The molecule has 3 aromatic rings. The SMILES string of the molecule is CC[C@@H]1C[C@H](CO)[C@H](c2cn(C(=O)OC(C)(C)C)c3ccccc23)N1S(=O)(=O)c1ccc(C)cc1. The summed E-state index contributed by atoms with van der Waals surface area (Å²) in [6.45, 7) is 9.13. The maximum atomic E-state index is 14.0. The Morgan fingerprint density at radius 2 is 1.77 bits per heavy atom. The first kappa shape index (κ1) is 25.4. The highest BCUT2D eigenvalue weighted by molar-refractivity contribution is 7.89. The lowest BCUT2D eigenvalue weighted by Crippen LogP contribution is -2.38. The van der Waals surface area contributed by atoms with Crippen molar-refractivity contribution in [2.75, 3.05) is 6.61 Å². The van der Waals surface area contributed by atoms with Gasteiger partial charge in [-0.25, -0.2) is 13.2 Å². The summed E-state index contributed by atoms with van der Waals surface area (Å²) in [4.78, 5) is 13.3. The van der Waals surface area contributed by atoms with Crippen molar-refractivity contribution in [3.63, 3.8) is 0 Å². The van der Waals surface area contributed by atoms with E-state index in [0.29, 0.717) is 23.9 Å². The van der Waals surface area contributed by atoms with Crippen molar-refractivity contribution in [2.24, 2.45) is 5.92 Å². The van der Waals surface area contributed by atoms with Crippen LogP contribution in [0.4, 0.5) is 4.79 Å². The highest BCUT2D eigenvalue weighted by atomic mass is 32.2. The van der Waals surface area contributed by atoms with Crippen LogP contribution >= 0.6 is 0 Å². The Hall–Kier alpha value is -2.68. The van der Waals surface area contributed by atoms with Gasteiger partial charge < -0.3 is 9.84 Å². The van der Waals surface area contributed by atoms with Crippen LogP contribution in [-0.2, 0) is 14.8 Å². The molecule has 0 amide bonds. The number of aromatic nitrogens is 1. The van der Waals surface area contributed by atoms with Gasteiger partial charge in [0.1, 0.15) is 5.60 Å². The Morgan fingerprint density at radius 3 is 2.37 bits per heavy atom. The van der Waals surface area contributed by atoms with Crippen molar-refractivity contribution < 1.29 is 23.1 Å². The van der Waals surface area contributed by atoms with E-state index in [1.165, 1.54) is 4.57 Å². The van der Waals surface area contributed by atoms with E-state index in [9.17, 15) is 18.3 Å². The molecule has 0 unspecified atom stereocenters. The van der Waals surface area contributed by atoms with Crippen molar-refractivity contribution in [1.82, 2.24) is 8.87 Å². The van der Waals surface area contributed by atoms with Gasteiger partial charge in [0.05, 0.1) is 16.5 Å². The second kappa shape index (κ2) is 9.41. The first-order chi connectivity index (χ1) is 16.5. The summed E-state index contributed by atoms with van der Waals surface area (Å²) in [5.74, 6) is -0.307. The number of sulfonamides is 1. The lowest BCUT2D eigenvalue weighted by molar-refractivity contribution is 0.0544. The number of carbonyl (C=O) groups excluding carboxylic acids is 1. The summed E-state index contributed by atoms with van der Waals surface area (Å²) in [5.41, 5.74) is 1.62. The Kier molecular flexibility index (Phi) is 6.83. The number of rotatable bonds is 5. The molecule has 7 nitrogen and oxygen atoms in total. The molecule has 1 N–H and O–H groups in total. The molecule has 1 aromatic heterocycles. The van der Waals surface area contributed by atoms with Gasteiger partial charge in [-0.2, -0.15) is 4.31 Å². The molecule has 0 saturated carbocycles. The van der Waals surface area contributed by atoms with Crippen molar-refractivity contribution >= 4 is 27.0 Å². The topological polar surface area (TPSA) is 88.8 Å². The van der Waals surface area contributed by atoms with Crippen molar-refractivity contribution in [3.05, 3.63) is 65.9 Å². The number of carbonyl (C=O) groups is 1. The van der Waals surface area contributed by atoms with Crippen LogP contribution in [-0.4, -0.2) is 46.7 Å². The third kappa shape index (κ3) is 4.75. The lowest BCUT2D eigenvalue weighted by Gasteiger charge is -2.30. The number of hydrogen-bond donors (Lipinski definition) is 1. The minimum absolute atomic E-state index is 0.160. The van der Waals surface area contributed by atoms with Crippen LogP contribution in [0.25, 0.3) is 10.9 Å². The van der Waals surface area contributed by atoms with E-state index in [2.05, 4.69) is 0 Å². The first-order valence-corrected chi connectivity index (χ1v) is 13.5. The van der Waals surface area contributed by atoms with Gasteiger partial charge in [-0.1, -0.05) is 42.8 Å². The fraction of sp³-hybridized carbons (Fsp3) is 0.444. The number of para-hydroxylation sites is 1. The zero-order chi connectivity index (χ0) is 25.5. The number of nitrogens with zero attached hydrogens (tertiary/aromatic N) is 2. The smallest absolute Gasteiger partial charge is 0.419 e. The average Bonchev–Trinajstić information content (AvgIpc) is 3.37. The summed E-state index contributed by atoms with van der Waals surface area (Å²) in [6.07, 6.45) is 2.30. The molecular weight excluding hydrogens is 464 g/mol. The van der Waals surface area contributed by atoms with Crippen molar-refractivity contribution in [1.29, 1.82) is 0 Å². The third-order valence-electron chi connectivity index (χ3n) is 6.61. The zero-order valence-corrected chi connectivity index (χ0v) is 21.7. The van der Waals surface area contributed by atoms with E-state index in [-0.39, 0.29) is 23.5 Å². The van der Waals surface area contributed by atoms with Gasteiger partial charge in [-0.05, 0) is 64.3 Å². The van der Waals surface area contributed by atoms with Gasteiger partial charge >= 0.3 is 6.09 Å². The standard InChI is InChI=1S/C27H34N2O5S/c1-6-20-15-19(17-30)25(29(20)35(32,33)21-13-11-18(2)12-14-21)23-16-28(26(31)34-27(3,4)5)24-10-8-7-9-22(23)24/h7-14,16,19-20,25,30H,6,15,17H2,1-5H3/t19-,20-,25-/m1/s1. The van der Waals surface area contributed by atoms with Crippen LogP contribution in [0.1, 0.15) is 57.7 Å². The molecule has 8 heteroatoms. The number of benzene rings is 2. The van der Waals surface area contributed by atoms with Gasteiger partial charge in [0, 0.05) is 30.1 Å². The number of fused-ring (bicyclic) bond motifs is 1. The Bertz CT molecular complexity index is 1320. The van der Waals surface area contributed by atoms with Gasteiger partial charge in [0.25, 0.3) is 0 Å². The Balaban J connectivity index is 1.90. The lowest BCUT2D eigenvalue weighted by atomic mass is 9.93. The monoisotopic (exact) mass is 498 g/mol. The maximum Gasteiger partial charge on any atom is 0.419 e. The van der Waals surface area contributed by atoms with Crippen LogP contribution in [0.2, 0.25) is 0 Å². The van der Waals surface area contributed by atoms with E-state index in [1.807, 2.05) is 38.1 Å². The fourth-order valence-corrected chi connectivity index (χ4v) is 6.95. The molecule has 35 heavy (non-hydrogen) atoms. The van der Waals surface area contributed by atoms with Crippen LogP contribution < -0.4 is 0 Å². The molecule has 0 aliphatic carbocycles. The molecule has 0 spiro atoms. The van der Waals surface area contributed by atoms with E-state index < -0.39 is 27.8 Å². The number of aryl methyl sites for hydroxylation is 1. The maximum absolute atomic E-state index is 14.0. The van der Waals surface area contributed by atoms with Gasteiger partial charge in [-0.3, -0.25) is 4.57 Å². The molecule has 1 aliphatic heterocycles. The summed E-state index contributed by atoms with van der Waals surface area (Å²) in [5, 5.41) is 11.1. The largest absolute Gasteiger partial charge is 0.443 e. The molecule has 188 valence electrons. The van der Waals surface area contributed by atoms with E-state index in [4.69, 9.17) is 4.74 Å². The molecule has 0 bridgehead atoms. The Morgan fingerprint density at radius 1 is 1.11 bits per heavy atom. The highest BCUT2D eigenvalue weighted by Gasteiger charge is 2.48. The minimum Gasteiger partial charge on any atom is -0.443 e. The van der Waals surface area contributed by atoms with Crippen LogP contribution in [0, 0.1) is 12.8 Å². The molecule has 1 fully saturated rings. The summed E-state index contributed by atoms with van der Waals surface area (Å²) in [6, 6.07) is 13.4. The van der Waals surface area contributed by atoms with Gasteiger partial charge in [0.15, 0.2) is 0 Å². The number of aliphatic hydroxyl groups excluding tert-OH is 1. The molecule has 4 rings (SSSR count). The molecule has 1 aliphatic rings. The summed E-state index contributed by atoms with van der Waals surface area (Å²) >= 11 is 0. The molecule has 2 aromatic carbocycles. The van der Waals surface area contributed by atoms with Crippen LogP contribution in [0.5, 0.6) is 0 Å². The quantitative estimate of drug-likeness (QED) is 0.519. The fourth-order valence-electron chi connectivity index (χ4n) is 5.01. The first-order valence-electron chi connectivity index (χ1n) is 12.0. The molecule has 0 radical (unpaired) electrons. The van der Waals surface area contributed by atoms with Crippen molar-refractivity contribution in [3.8, 4) is 0 Å². The normalized spacial score (nSPS) is 21.5. The average molecular weight is 499 g/mol. The second-order valence-electron chi connectivity index (χ2n) is 10.3. The Labute approximate surface area is 207 Å². The van der Waals surface area contributed by atoms with E-state index >= 15 is 0 Å². The zero-order valence-electron chi connectivity index (χ0n) is 20.9. The highest BCUT2D eigenvalue weighted by Crippen LogP contribution is 2.47. The molecule has 2 heterocycles. The third-order valence-corrected chi connectivity index (χ3v) is 8.56. The van der Waals surface area contributed by atoms with E-state index in [1.54, 1.807) is 55.5 Å². The molecule has 1 saturated heterocycles. The van der Waals surface area contributed by atoms with Crippen molar-refractivity contribution in [2.45, 2.75) is 70.0 Å². The summed E-state index contributed by atoms with van der Waals surface area (Å²) < 4.78 is 36.6. The van der Waals surface area contributed by atoms with E-state index in [0.717, 1.165) is 10.9 Å². The second-order valence-corrected chi connectivity index (χ2v) is 12.1. The predicted molar refractivity (Wildman–Crippen MR) is 136 cm³/mol. The molecular formula is C27H34N2O5S. The van der Waals surface area contributed by atoms with Gasteiger partial charge in [-0.15, -0.1) is 0 Å². The number of hydrogen-bond acceptors (Lipinski definition) is 5. The molecule has 3 atom stereocenters. The summed E-state index contributed by atoms with van der Waals surface area (Å²) in [7, 11) is -3.87. The number of aliphatic hydroxyl groups is 1. The van der Waals surface area contributed by atoms with Gasteiger partial charge in [0.2, 0.25) is 10.0 Å². The predicted octanol–water partition coefficient (Wildman–Crippen LogP) is 5.26. The van der Waals surface area contributed by atoms with Crippen LogP contribution in [0.3, 0.4) is 0 Å². The number of ether oxygens (including phenoxy) is 1.